The minimum absolute atomic E-state index is 0.0953. The molecule has 6 nitrogen and oxygen atoms in total. The third kappa shape index (κ3) is 5.38. The first kappa shape index (κ1) is 23.3. The molecule has 1 atom stereocenters. The molecule has 34 heavy (non-hydrogen) atoms. The van der Waals surface area contributed by atoms with Crippen LogP contribution in [0.2, 0.25) is 0 Å². The number of sulfonamides is 1. The summed E-state index contributed by atoms with van der Waals surface area (Å²) in [4.78, 5) is 12.7. The Hall–Kier alpha value is -3.84. The molecule has 4 aromatic carbocycles. The molecular weight excluding hydrogens is 448 g/mol. The van der Waals surface area contributed by atoms with Crippen LogP contribution >= 0.6 is 0 Å². The maximum Gasteiger partial charge on any atom is 0.265 e. The number of anilines is 2. The summed E-state index contributed by atoms with van der Waals surface area (Å²) in [6.07, 6.45) is -0.724. The van der Waals surface area contributed by atoms with Crippen molar-refractivity contribution < 1.29 is 17.9 Å². The van der Waals surface area contributed by atoms with Crippen LogP contribution in [0.15, 0.2) is 89.8 Å². The van der Waals surface area contributed by atoms with Gasteiger partial charge in [-0.05, 0) is 79.7 Å². The first-order valence-electron chi connectivity index (χ1n) is 10.9. The molecule has 0 aromatic heterocycles. The average molecular weight is 475 g/mol. The van der Waals surface area contributed by atoms with Gasteiger partial charge >= 0.3 is 0 Å². The summed E-state index contributed by atoms with van der Waals surface area (Å²) in [5.74, 6) is 0.296. The van der Waals surface area contributed by atoms with E-state index >= 15 is 0 Å². The van der Waals surface area contributed by atoms with E-state index in [0.29, 0.717) is 17.1 Å². The summed E-state index contributed by atoms with van der Waals surface area (Å²) in [7, 11) is -3.80. The summed E-state index contributed by atoms with van der Waals surface area (Å²) >= 11 is 0. The Labute approximate surface area is 199 Å². The zero-order chi connectivity index (χ0) is 24.3. The number of fused-ring (bicyclic) bond motifs is 1. The quantitative estimate of drug-likeness (QED) is 0.362. The van der Waals surface area contributed by atoms with Crippen LogP contribution in [-0.4, -0.2) is 20.4 Å². The lowest BCUT2D eigenvalue weighted by Gasteiger charge is -2.16. The summed E-state index contributed by atoms with van der Waals surface area (Å²) in [6.45, 7) is 5.60. The number of carbonyl (C=O) groups excluding carboxylic acids is 1. The molecule has 2 N–H and O–H groups in total. The lowest BCUT2D eigenvalue weighted by Crippen LogP contribution is -2.30. The SMILES string of the molecule is Cc1cc(C)cc(O[C@H](C)C(=O)Nc2ccc(S(=O)(=O)Nc3cccc4ccccc34)cc2)c1. The number of ether oxygens (including phenoxy) is 1. The van der Waals surface area contributed by atoms with Gasteiger partial charge in [-0.3, -0.25) is 9.52 Å². The fourth-order valence-corrected chi connectivity index (χ4v) is 4.82. The van der Waals surface area contributed by atoms with E-state index in [2.05, 4.69) is 10.0 Å². The third-order valence-corrected chi connectivity index (χ3v) is 6.72. The Morgan fingerprint density at radius 2 is 1.50 bits per heavy atom. The predicted octanol–water partition coefficient (Wildman–Crippen LogP) is 5.66. The second-order valence-electron chi connectivity index (χ2n) is 8.23. The standard InChI is InChI=1S/C27H26N2O4S/c1-18-15-19(2)17-23(16-18)33-20(3)27(30)28-22-11-13-24(14-12-22)34(31,32)29-26-10-6-8-21-7-4-5-9-25(21)26/h4-17,20,29H,1-3H3,(H,28,30)/t20-/m1/s1. The van der Waals surface area contributed by atoms with E-state index in [-0.39, 0.29) is 10.8 Å². The van der Waals surface area contributed by atoms with Crippen molar-refractivity contribution in [1.29, 1.82) is 0 Å². The number of hydrogen-bond acceptors (Lipinski definition) is 4. The molecule has 0 unspecified atom stereocenters. The van der Waals surface area contributed by atoms with E-state index in [0.717, 1.165) is 21.9 Å². The molecule has 0 saturated heterocycles. The van der Waals surface area contributed by atoms with Gasteiger partial charge in [0.2, 0.25) is 0 Å². The van der Waals surface area contributed by atoms with Gasteiger partial charge in [-0.1, -0.05) is 42.5 Å². The van der Waals surface area contributed by atoms with Gasteiger partial charge in [0.05, 0.1) is 10.6 Å². The Balaban J connectivity index is 1.44. The highest BCUT2D eigenvalue weighted by molar-refractivity contribution is 7.92. The molecule has 0 spiro atoms. The average Bonchev–Trinajstić information content (AvgIpc) is 2.79. The molecule has 0 aliphatic heterocycles. The van der Waals surface area contributed by atoms with Crippen LogP contribution in [0.5, 0.6) is 5.75 Å². The van der Waals surface area contributed by atoms with E-state index in [1.165, 1.54) is 12.1 Å². The van der Waals surface area contributed by atoms with Crippen LogP contribution in [0.4, 0.5) is 11.4 Å². The Morgan fingerprint density at radius 1 is 0.853 bits per heavy atom. The number of amides is 1. The summed E-state index contributed by atoms with van der Waals surface area (Å²) in [5, 5.41) is 4.52. The van der Waals surface area contributed by atoms with Gasteiger partial charge in [-0.2, -0.15) is 0 Å². The van der Waals surface area contributed by atoms with Crippen molar-refractivity contribution >= 4 is 38.1 Å². The fraction of sp³-hybridized carbons (Fsp3) is 0.148. The number of rotatable bonds is 7. The molecule has 4 rings (SSSR count). The fourth-order valence-electron chi connectivity index (χ4n) is 3.74. The van der Waals surface area contributed by atoms with Gasteiger partial charge in [-0.25, -0.2) is 8.42 Å². The summed E-state index contributed by atoms with van der Waals surface area (Å²) in [5.41, 5.74) is 3.09. The highest BCUT2D eigenvalue weighted by atomic mass is 32.2. The zero-order valence-electron chi connectivity index (χ0n) is 19.2. The number of nitrogens with one attached hydrogen (secondary N) is 2. The highest BCUT2D eigenvalue weighted by Crippen LogP contribution is 2.26. The van der Waals surface area contributed by atoms with Crippen LogP contribution in [-0.2, 0) is 14.8 Å². The van der Waals surface area contributed by atoms with Gasteiger partial charge in [-0.15, -0.1) is 0 Å². The largest absolute Gasteiger partial charge is 0.481 e. The lowest BCUT2D eigenvalue weighted by molar-refractivity contribution is -0.122. The third-order valence-electron chi connectivity index (χ3n) is 5.34. The van der Waals surface area contributed by atoms with Crippen LogP contribution in [0.1, 0.15) is 18.1 Å². The van der Waals surface area contributed by atoms with Crippen molar-refractivity contribution in [2.75, 3.05) is 10.0 Å². The number of aryl methyl sites for hydroxylation is 2. The normalized spacial score (nSPS) is 12.2. The lowest BCUT2D eigenvalue weighted by atomic mass is 10.1. The predicted molar refractivity (Wildman–Crippen MR) is 136 cm³/mol. The van der Waals surface area contributed by atoms with E-state index < -0.39 is 16.1 Å². The molecular formula is C27H26N2O4S. The van der Waals surface area contributed by atoms with Crippen molar-refractivity contribution in [1.82, 2.24) is 0 Å². The Bertz CT molecular complexity index is 1420. The van der Waals surface area contributed by atoms with Gasteiger partial charge in [0, 0.05) is 11.1 Å². The van der Waals surface area contributed by atoms with Crippen LogP contribution in [0.25, 0.3) is 10.8 Å². The van der Waals surface area contributed by atoms with Crippen molar-refractivity contribution in [3.05, 3.63) is 96.1 Å². The second kappa shape index (κ2) is 9.57. The molecule has 0 saturated carbocycles. The van der Waals surface area contributed by atoms with Crippen LogP contribution < -0.4 is 14.8 Å². The second-order valence-corrected chi connectivity index (χ2v) is 9.91. The van der Waals surface area contributed by atoms with Crippen molar-refractivity contribution in [2.24, 2.45) is 0 Å². The van der Waals surface area contributed by atoms with E-state index in [1.54, 1.807) is 31.2 Å². The molecule has 0 radical (unpaired) electrons. The molecule has 174 valence electrons. The van der Waals surface area contributed by atoms with Crippen LogP contribution in [0, 0.1) is 13.8 Å². The number of benzene rings is 4. The maximum absolute atomic E-state index is 12.9. The van der Waals surface area contributed by atoms with Gasteiger partial charge in [0.25, 0.3) is 15.9 Å². The minimum Gasteiger partial charge on any atom is -0.481 e. The van der Waals surface area contributed by atoms with Crippen molar-refractivity contribution in [2.45, 2.75) is 31.8 Å². The molecule has 4 aromatic rings. The Kier molecular flexibility index (Phi) is 6.56. The number of carbonyl (C=O) groups is 1. The first-order valence-corrected chi connectivity index (χ1v) is 12.4. The molecule has 0 heterocycles. The smallest absolute Gasteiger partial charge is 0.265 e. The topological polar surface area (TPSA) is 84.5 Å². The van der Waals surface area contributed by atoms with Crippen molar-refractivity contribution in [3.8, 4) is 5.75 Å². The molecule has 0 bridgehead atoms. The summed E-state index contributed by atoms with van der Waals surface area (Å²) < 4.78 is 34.3. The van der Waals surface area contributed by atoms with Crippen LogP contribution in [0.3, 0.4) is 0 Å². The van der Waals surface area contributed by atoms with E-state index in [9.17, 15) is 13.2 Å². The maximum atomic E-state index is 12.9. The van der Waals surface area contributed by atoms with E-state index in [4.69, 9.17) is 4.74 Å². The monoisotopic (exact) mass is 474 g/mol. The minimum atomic E-state index is -3.80. The van der Waals surface area contributed by atoms with Gasteiger partial charge in [0.1, 0.15) is 5.75 Å². The molecule has 0 aliphatic carbocycles. The first-order chi connectivity index (χ1) is 16.2. The molecule has 0 aliphatic rings. The Morgan fingerprint density at radius 3 is 2.21 bits per heavy atom. The highest BCUT2D eigenvalue weighted by Gasteiger charge is 2.18. The number of hydrogen-bond donors (Lipinski definition) is 2. The summed E-state index contributed by atoms with van der Waals surface area (Å²) in [6, 6.07) is 24.8. The molecule has 0 fully saturated rings. The van der Waals surface area contributed by atoms with Gasteiger partial charge < -0.3 is 10.1 Å². The molecule has 7 heteroatoms. The van der Waals surface area contributed by atoms with E-state index in [1.807, 2.05) is 62.4 Å². The zero-order valence-corrected chi connectivity index (χ0v) is 20.0. The van der Waals surface area contributed by atoms with Crippen molar-refractivity contribution in [3.63, 3.8) is 0 Å². The van der Waals surface area contributed by atoms with Gasteiger partial charge in [0.15, 0.2) is 6.10 Å². The molecule has 1 amide bonds.